The van der Waals surface area contributed by atoms with Crippen molar-refractivity contribution in [3.63, 3.8) is 0 Å². The maximum absolute atomic E-state index is 12.1. The fourth-order valence-electron chi connectivity index (χ4n) is 2.43. The van der Waals surface area contributed by atoms with E-state index < -0.39 is 9.05 Å². The molecule has 1 unspecified atom stereocenters. The van der Waals surface area contributed by atoms with Gasteiger partial charge in [-0.3, -0.25) is 9.59 Å². The molecule has 0 N–H and O–H groups in total. The summed E-state index contributed by atoms with van der Waals surface area (Å²) in [6.45, 7) is 1.60. The van der Waals surface area contributed by atoms with Gasteiger partial charge < -0.3 is 4.90 Å². The Balaban J connectivity index is 2.31. The first kappa shape index (κ1) is 16.3. The molecular weight excluding hydrogens is 337 g/mol. The van der Waals surface area contributed by atoms with E-state index in [4.69, 9.17) is 22.3 Å². The zero-order valence-corrected chi connectivity index (χ0v) is 13.5. The van der Waals surface area contributed by atoms with Gasteiger partial charge in [-0.1, -0.05) is 11.6 Å². The Labute approximate surface area is 132 Å². The van der Waals surface area contributed by atoms with Gasteiger partial charge in [-0.15, -0.1) is 0 Å². The molecule has 1 fully saturated rings. The summed E-state index contributed by atoms with van der Waals surface area (Å²) < 4.78 is 22.2. The number of nitrogens with zero attached hydrogens (tertiary/aromatic N) is 1. The minimum Gasteiger partial charge on any atom is -0.311 e. The third kappa shape index (κ3) is 3.96. The highest BCUT2D eigenvalue weighted by atomic mass is 35.7. The van der Waals surface area contributed by atoms with Crippen molar-refractivity contribution in [2.75, 3.05) is 17.2 Å². The first-order valence-corrected chi connectivity index (χ1v) is 9.06. The maximum atomic E-state index is 12.1. The zero-order chi connectivity index (χ0) is 15.8. The Bertz CT molecular complexity index is 702. The van der Waals surface area contributed by atoms with Crippen LogP contribution < -0.4 is 4.90 Å². The predicted molar refractivity (Wildman–Crippen MR) is 81.6 cm³/mol. The summed E-state index contributed by atoms with van der Waals surface area (Å²) in [5.41, 5.74) is 0.789. The first-order chi connectivity index (χ1) is 9.67. The lowest BCUT2D eigenvalue weighted by atomic mass is 10.1. The molecule has 1 saturated heterocycles. The maximum Gasteiger partial charge on any atom is 0.232 e. The van der Waals surface area contributed by atoms with Crippen molar-refractivity contribution in [3.8, 4) is 0 Å². The largest absolute Gasteiger partial charge is 0.311 e. The molecule has 2 rings (SSSR count). The van der Waals surface area contributed by atoms with E-state index in [2.05, 4.69) is 0 Å². The number of carbonyl (C=O) groups excluding carboxylic acids is 2. The number of benzene rings is 1. The molecule has 0 aromatic heterocycles. The Morgan fingerprint density at radius 2 is 2.10 bits per heavy atom. The van der Waals surface area contributed by atoms with Crippen LogP contribution in [0.25, 0.3) is 0 Å². The van der Waals surface area contributed by atoms with Crippen molar-refractivity contribution in [1.29, 1.82) is 0 Å². The van der Waals surface area contributed by atoms with Crippen LogP contribution in [0.3, 0.4) is 0 Å². The van der Waals surface area contributed by atoms with Crippen LogP contribution in [0.1, 0.15) is 23.7 Å². The Morgan fingerprint density at radius 3 is 2.67 bits per heavy atom. The molecule has 1 aromatic carbocycles. The van der Waals surface area contributed by atoms with Crippen molar-refractivity contribution in [2.24, 2.45) is 5.92 Å². The molecule has 5 nitrogen and oxygen atoms in total. The van der Waals surface area contributed by atoms with Gasteiger partial charge in [-0.25, -0.2) is 8.42 Å². The van der Waals surface area contributed by atoms with Gasteiger partial charge in [0, 0.05) is 40.2 Å². The molecule has 8 heteroatoms. The SMILES string of the molecule is CC(=O)c1cc(Cl)ccc1N1CC(CS(=O)(=O)Cl)CC1=O. The van der Waals surface area contributed by atoms with Gasteiger partial charge in [0.05, 0.1) is 11.4 Å². The van der Waals surface area contributed by atoms with E-state index in [0.717, 1.165) is 0 Å². The van der Waals surface area contributed by atoms with Gasteiger partial charge in [0.2, 0.25) is 15.0 Å². The quantitative estimate of drug-likeness (QED) is 0.618. The highest BCUT2D eigenvalue weighted by molar-refractivity contribution is 8.13. The molecule has 1 aliphatic heterocycles. The normalized spacial score (nSPS) is 19.1. The number of carbonyl (C=O) groups is 2. The monoisotopic (exact) mass is 349 g/mol. The van der Waals surface area contributed by atoms with Crippen molar-refractivity contribution in [2.45, 2.75) is 13.3 Å². The first-order valence-electron chi connectivity index (χ1n) is 6.20. The van der Waals surface area contributed by atoms with Crippen LogP contribution in [0.15, 0.2) is 18.2 Å². The minimum absolute atomic E-state index is 0.0892. The second kappa shape index (κ2) is 5.94. The average molecular weight is 350 g/mol. The number of hydrogen-bond acceptors (Lipinski definition) is 4. The van der Waals surface area contributed by atoms with Gasteiger partial charge in [-0.05, 0) is 25.1 Å². The van der Waals surface area contributed by atoms with Gasteiger partial charge in [-0.2, -0.15) is 0 Å². The van der Waals surface area contributed by atoms with Crippen LogP contribution in [0, 0.1) is 5.92 Å². The van der Waals surface area contributed by atoms with Gasteiger partial charge in [0.1, 0.15) is 0 Å². The smallest absolute Gasteiger partial charge is 0.232 e. The highest BCUT2D eigenvalue weighted by Gasteiger charge is 2.34. The third-order valence-corrected chi connectivity index (χ3v) is 4.75. The third-order valence-electron chi connectivity index (χ3n) is 3.27. The number of ketones is 1. The lowest BCUT2D eigenvalue weighted by Crippen LogP contribution is -2.27. The fraction of sp³-hybridized carbons (Fsp3) is 0.385. The molecule has 0 saturated carbocycles. The van der Waals surface area contributed by atoms with E-state index in [-0.39, 0.29) is 36.3 Å². The molecule has 1 amide bonds. The van der Waals surface area contributed by atoms with E-state index >= 15 is 0 Å². The number of halogens is 2. The molecule has 1 aliphatic rings. The van der Waals surface area contributed by atoms with Crippen molar-refractivity contribution >= 4 is 48.7 Å². The molecule has 1 atom stereocenters. The van der Waals surface area contributed by atoms with E-state index in [9.17, 15) is 18.0 Å². The minimum atomic E-state index is -3.66. The van der Waals surface area contributed by atoms with E-state index in [0.29, 0.717) is 16.3 Å². The molecule has 0 aliphatic carbocycles. The Kier molecular flexibility index (Phi) is 4.60. The van der Waals surface area contributed by atoms with Crippen molar-refractivity contribution in [3.05, 3.63) is 28.8 Å². The lowest BCUT2D eigenvalue weighted by Gasteiger charge is -2.19. The summed E-state index contributed by atoms with van der Waals surface area (Å²) >= 11 is 5.87. The fourth-order valence-corrected chi connectivity index (χ4v) is 3.93. The highest BCUT2D eigenvalue weighted by Crippen LogP contribution is 2.31. The lowest BCUT2D eigenvalue weighted by molar-refractivity contribution is -0.117. The Morgan fingerprint density at radius 1 is 1.43 bits per heavy atom. The van der Waals surface area contributed by atoms with Crippen LogP contribution >= 0.6 is 22.3 Å². The molecule has 1 heterocycles. The van der Waals surface area contributed by atoms with E-state index in [1.807, 2.05) is 0 Å². The van der Waals surface area contributed by atoms with Gasteiger partial charge in [0.25, 0.3) is 0 Å². The molecule has 1 aromatic rings. The van der Waals surface area contributed by atoms with Crippen LogP contribution in [0.4, 0.5) is 5.69 Å². The van der Waals surface area contributed by atoms with Crippen LogP contribution in [0.5, 0.6) is 0 Å². The van der Waals surface area contributed by atoms with Crippen molar-refractivity contribution < 1.29 is 18.0 Å². The topological polar surface area (TPSA) is 71.5 Å². The number of amides is 1. The molecule has 0 spiro atoms. The summed E-state index contributed by atoms with van der Waals surface area (Å²) in [6.07, 6.45) is 0.0892. The number of Topliss-reactive ketones (excluding diaryl/α,β-unsaturated/α-hetero) is 1. The summed E-state index contributed by atoms with van der Waals surface area (Å²) in [5.74, 6) is -1.09. The van der Waals surface area contributed by atoms with Crippen LogP contribution in [0.2, 0.25) is 5.02 Å². The van der Waals surface area contributed by atoms with Gasteiger partial charge in [0.15, 0.2) is 5.78 Å². The van der Waals surface area contributed by atoms with Gasteiger partial charge >= 0.3 is 0 Å². The number of hydrogen-bond donors (Lipinski definition) is 0. The molecule has 0 radical (unpaired) electrons. The summed E-state index contributed by atoms with van der Waals surface area (Å²) in [4.78, 5) is 25.2. The summed E-state index contributed by atoms with van der Waals surface area (Å²) in [5, 5.41) is 0.399. The predicted octanol–water partition coefficient (Wildman–Crippen LogP) is 2.46. The molecule has 0 bridgehead atoms. The Hall–Kier alpha value is -1.11. The van der Waals surface area contributed by atoms with E-state index in [1.165, 1.54) is 17.9 Å². The standard InChI is InChI=1S/C13H13Cl2NO4S/c1-8(17)11-5-10(14)2-3-12(11)16-6-9(4-13(16)18)7-21(15,19)20/h2-3,5,9H,4,6-7H2,1H3. The molecule has 21 heavy (non-hydrogen) atoms. The summed E-state index contributed by atoms with van der Waals surface area (Å²) in [6, 6.07) is 4.68. The second-order valence-electron chi connectivity index (χ2n) is 5.00. The average Bonchev–Trinajstić information content (AvgIpc) is 2.67. The number of anilines is 1. The molecular formula is C13H13Cl2NO4S. The zero-order valence-electron chi connectivity index (χ0n) is 11.2. The van der Waals surface area contributed by atoms with Crippen LogP contribution in [-0.4, -0.2) is 32.4 Å². The second-order valence-corrected chi connectivity index (χ2v) is 8.26. The summed E-state index contributed by atoms with van der Waals surface area (Å²) in [7, 11) is 1.56. The molecule has 114 valence electrons. The van der Waals surface area contributed by atoms with Crippen molar-refractivity contribution in [1.82, 2.24) is 0 Å². The van der Waals surface area contributed by atoms with E-state index in [1.54, 1.807) is 12.1 Å². The number of rotatable bonds is 4. The van der Waals surface area contributed by atoms with Crippen LogP contribution in [-0.2, 0) is 13.8 Å².